The molecule has 2 N–H and O–H groups in total. The summed E-state index contributed by atoms with van der Waals surface area (Å²) in [6.45, 7) is 2.29. The van der Waals surface area contributed by atoms with Gasteiger partial charge in [-0.3, -0.25) is 0 Å². The maximum Gasteiger partial charge on any atom is 0.182 e. The molecule has 3 rings (SSSR count). The Bertz CT molecular complexity index is 948. The fourth-order valence-electron chi connectivity index (χ4n) is 3.58. The Hall–Kier alpha value is -1.54. The number of sulfone groups is 1. The topological polar surface area (TPSA) is 69.4 Å². The summed E-state index contributed by atoms with van der Waals surface area (Å²) in [7, 11) is -3.77. The van der Waals surface area contributed by atoms with Gasteiger partial charge in [0.25, 0.3) is 0 Å². The van der Waals surface area contributed by atoms with E-state index in [0.29, 0.717) is 17.2 Å². The standard InChI is InChI=1S/C19H19ClFNO3S2/c1-2-25-11-19(18(22)26)16(12-3-7-14(21)8-4-12)17(19)27(23,24)15-9-5-13(20)6-10-15/h3-10,16-17H,2,11H2,1H3,(H2,22,26)/t16-,17-,19-/m0/s1. The summed E-state index contributed by atoms with van der Waals surface area (Å²) in [5.74, 6) is -0.912. The summed E-state index contributed by atoms with van der Waals surface area (Å²) in [5.41, 5.74) is 5.63. The van der Waals surface area contributed by atoms with Gasteiger partial charge in [-0.2, -0.15) is 0 Å². The molecule has 2 aromatic carbocycles. The van der Waals surface area contributed by atoms with Crippen LogP contribution in [-0.2, 0) is 14.6 Å². The van der Waals surface area contributed by atoms with Gasteiger partial charge in [-0.05, 0) is 48.9 Å². The highest BCUT2D eigenvalue weighted by atomic mass is 35.5. The van der Waals surface area contributed by atoms with Crippen LogP contribution in [0.3, 0.4) is 0 Å². The maximum atomic E-state index is 13.4. The molecule has 0 heterocycles. The van der Waals surface area contributed by atoms with Gasteiger partial charge in [0.2, 0.25) is 0 Å². The summed E-state index contributed by atoms with van der Waals surface area (Å²) in [5, 5.41) is -0.449. The molecule has 27 heavy (non-hydrogen) atoms. The zero-order valence-electron chi connectivity index (χ0n) is 14.6. The van der Waals surface area contributed by atoms with E-state index in [0.717, 1.165) is 0 Å². The minimum absolute atomic E-state index is 0.0767. The van der Waals surface area contributed by atoms with E-state index in [-0.39, 0.29) is 16.5 Å². The summed E-state index contributed by atoms with van der Waals surface area (Å²) in [4.78, 5) is 0.214. The first-order valence-electron chi connectivity index (χ1n) is 8.37. The Labute approximate surface area is 168 Å². The number of thiocarbonyl (C=S) groups is 1. The molecule has 1 aliphatic rings. The van der Waals surface area contributed by atoms with E-state index < -0.39 is 32.2 Å². The van der Waals surface area contributed by atoms with Crippen LogP contribution in [-0.4, -0.2) is 31.9 Å². The molecule has 8 heteroatoms. The van der Waals surface area contributed by atoms with Crippen molar-refractivity contribution in [2.24, 2.45) is 11.1 Å². The van der Waals surface area contributed by atoms with E-state index in [9.17, 15) is 12.8 Å². The zero-order valence-corrected chi connectivity index (χ0v) is 17.0. The second-order valence-electron chi connectivity index (χ2n) is 6.49. The highest BCUT2D eigenvalue weighted by Crippen LogP contribution is 2.64. The van der Waals surface area contributed by atoms with Crippen LogP contribution in [0.2, 0.25) is 5.02 Å². The van der Waals surface area contributed by atoms with Crippen LogP contribution in [0.5, 0.6) is 0 Å². The number of hydrogen-bond donors (Lipinski definition) is 1. The number of nitrogens with two attached hydrogens (primary N) is 1. The average Bonchev–Trinajstić information content (AvgIpc) is 3.32. The maximum absolute atomic E-state index is 13.4. The van der Waals surface area contributed by atoms with Crippen molar-refractivity contribution in [2.45, 2.75) is 23.0 Å². The molecule has 0 bridgehead atoms. The van der Waals surface area contributed by atoms with E-state index in [1.54, 1.807) is 12.1 Å². The van der Waals surface area contributed by atoms with Crippen LogP contribution in [0.4, 0.5) is 4.39 Å². The Morgan fingerprint density at radius 2 is 1.81 bits per heavy atom. The van der Waals surface area contributed by atoms with Crippen molar-refractivity contribution >= 4 is 38.6 Å². The molecule has 3 atom stereocenters. The minimum Gasteiger partial charge on any atom is -0.393 e. The number of halogens is 2. The molecule has 1 aliphatic carbocycles. The molecule has 144 valence electrons. The van der Waals surface area contributed by atoms with Crippen LogP contribution in [0.25, 0.3) is 0 Å². The minimum atomic E-state index is -3.77. The predicted octanol–water partition coefficient (Wildman–Crippen LogP) is 3.73. The van der Waals surface area contributed by atoms with Gasteiger partial charge in [-0.1, -0.05) is 36.0 Å². The SMILES string of the molecule is CCOC[C@]1(C(N)=S)[C@@H](c2ccc(F)cc2)[C@@H]1S(=O)(=O)c1ccc(Cl)cc1. The predicted molar refractivity (Wildman–Crippen MR) is 107 cm³/mol. The summed E-state index contributed by atoms with van der Waals surface area (Å²) in [6, 6.07) is 11.7. The van der Waals surface area contributed by atoms with Crippen molar-refractivity contribution < 1.29 is 17.5 Å². The Balaban J connectivity index is 2.10. The van der Waals surface area contributed by atoms with Crippen molar-refractivity contribution in [3.8, 4) is 0 Å². The molecular weight excluding hydrogens is 409 g/mol. The summed E-state index contributed by atoms with van der Waals surface area (Å²) < 4.78 is 45.6. The summed E-state index contributed by atoms with van der Waals surface area (Å²) >= 11 is 11.1. The van der Waals surface area contributed by atoms with Gasteiger partial charge in [0.05, 0.1) is 27.2 Å². The van der Waals surface area contributed by atoms with Crippen molar-refractivity contribution in [3.05, 3.63) is 64.9 Å². The van der Waals surface area contributed by atoms with Crippen LogP contribution in [0.15, 0.2) is 53.4 Å². The first kappa shape index (κ1) is 20.2. The second kappa shape index (κ2) is 7.47. The van der Waals surface area contributed by atoms with Crippen LogP contribution >= 0.6 is 23.8 Å². The summed E-state index contributed by atoms with van der Waals surface area (Å²) in [6.07, 6.45) is 0. The lowest BCUT2D eigenvalue weighted by Crippen LogP contribution is -2.33. The first-order valence-corrected chi connectivity index (χ1v) is 10.7. The molecule has 1 fully saturated rings. The second-order valence-corrected chi connectivity index (χ2v) is 9.44. The quantitative estimate of drug-likeness (QED) is 0.682. The molecule has 0 radical (unpaired) electrons. The normalized spacial score (nSPS) is 24.6. The lowest BCUT2D eigenvalue weighted by molar-refractivity contribution is 0.121. The van der Waals surface area contributed by atoms with Gasteiger partial charge < -0.3 is 10.5 Å². The fraction of sp³-hybridized carbons (Fsp3) is 0.316. The largest absolute Gasteiger partial charge is 0.393 e. The van der Waals surface area contributed by atoms with Gasteiger partial charge in [-0.15, -0.1) is 0 Å². The van der Waals surface area contributed by atoms with E-state index in [2.05, 4.69) is 0 Å². The van der Waals surface area contributed by atoms with Crippen LogP contribution in [0, 0.1) is 11.2 Å². The number of rotatable bonds is 7. The molecular formula is C19H19ClFNO3S2. The number of hydrogen-bond acceptors (Lipinski definition) is 4. The third-order valence-electron chi connectivity index (χ3n) is 4.97. The Morgan fingerprint density at radius 1 is 1.22 bits per heavy atom. The Morgan fingerprint density at radius 3 is 2.33 bits per heavy atom. The lowest BCUT2D eigenvalue weighted by Gasteiger charge is -2.17. The average molecular weight is 428 g/mol. The lowest BCUT2D eigenvalue weighted by atomic mass is 10.00. The molecule has 0 aromatic heterocycles. The van der Waals surface area contributed by atoms with E-state index >= 15 is 0 Å². The molecule has 0 unspecified atom stereocenters. The highest BCUT2D eigenvalue weighted by molar-refractivity contribution is 7.92. The molecule has 2 aromatic rings. The van der Waals surface area contributed by atoms with E-state index in [4.69, 9.17) is 34.3 Å². The zero-order chi connectivity index (χ0) is 19.8. The molecule has 0 spiro atoms. The van der Waals surface area contributed by atoms with Gasteiger partial charge in [-0.25, -0.2) is 12.8 Å². The fourth-order valence-corrected chi connectivity index (χ4v) is 6.48. The van der Waals surface area contributed by atoms with Crippen LogP contribution in [0.1, 0.15) is 18.4 Å². The molecule has 1 saturated carbocycles. The van der Waals surface area contributed by atoms with Crippen molar-refractivity contribution in [2.75, 3.05) is 13.2 Å². The van der Waals surface area contributed by atoms with Gasteiger partial charge in [0.1, 0.15) is 5.82 Å². The van der Waals surface area contributed by atoms with Crippen molar-refractivity contribution in [1.82, 2.24) is 0 Å². The molecule has 0 amide bonds. The van der Waals surface area contributed by atoms with Crippen LogP contribution < -0.4 is 5.73 Å². The van der Waals surface area contributed by atoms with Gasteiger partial charge in [0.15, 0.2) is 9.84 Å². The van der Waals surface area contributed by atoms with Gasteiger partial charge in [0, 0.05) is 17.5 Å². The number of ether oxygens (including phenoxy) is 1. The third kappa shape index (κ3) is 3.49. The monoisotopic (exact) mass is 427 g/mol. The third-order valence-corrected chi connectivity index (χ3v) is 7.89. The molecule has 0 saturated heterocycles. The van der Waals surface area contributed by atoms with Gasteiger partial charge >= 0.3 is 0 Å². The number of benzene rings is 2. The smallest absolute Gasteiger partial charge is 0.182 e. The highest BCUT2D eigenvalue weighted by Gasteiger charge is 2.73. The molecule has 0 aliphatic heterocycles. The molecule has 4 nitrogen and oxygen atoms in total. The Kier molecular flexibility index (Phi) is 5.59. The first-order chi connectivity index (χ1) is 12.7. The van der Waals surface area contributed by atoms with E-state index in [1.807, 2.05) is 6.92 Å². The van der Waals surface area contributed by atoms with Crippen molar-refractivity contribution in [1.29, 1.82) is 0 Å². The van der Waals surface area contributed by atoms with E-state index in [1.165, 1.54) is 36.4 Å². The van der Waals surface area contributed by atoms with Crippen molar-refractivity contribution in [3.63, 3.8) is 0 Å².